The maximum atomic E-state index is 12.9. The van der Waals surface area contributed by atoms with Crippen LogP contribution in [0.1, 0.15) is 316 Å². The Morgan fingerprint density at radius 1 is 0.259 bits per heavy atom. The summed E-state index contributed by atoms with van der Waals surface area (Å²) < 4.78 is 16.9. The molecule has 81 heavy (non-hydrogen) atoms. The van der Waals surface area contributed by atoms with E-state index in [9.17, 15) is 14.4 Å². The number of carbonyl (C=O) groups is 3. The third-order valence-corrected chi connectivity index (χ3v) is 14.4. The van der Waals surface area contributed by atoms with E-state index >= 15 is 0 Å². The first-order chi connectivity index (χ1) is 40.0. The Labute approximate surface area is 501 Å². The van der Waals surface area contributed by atoms with E-state index in [4.69, 9.17) is 14.2 Å². The Balaban J connectivity index is 4.31. The molecule has 0 rings (SSSR count). The van der Waals surface area contributed by atoms with Gasteiger partial charge in [-0.25, -0.2) is 0 Å². The molecule has 0 saturated carbocycles. The molecule has 0 fully saturated rings. The van der Waals surface area contributed by atoms with E-state index in [0.29, 0.717) is 19.3 Å². The van der Waals surface area contributed by atoms with Crippen LogP contribution in [-0.2, 0) is 28.6 Å². The van der Waals surface area contributed by atoms with Gasteiger partial charge in [0.2, 0.25) is 0 Å². The summed E-state index contributed by atoms with van der Waals surface area (Å²) in [5, 5.41) is 0. The van der Waals surface area contributed by atoms with Crippen LogP contribution in [0.25, 0.3) is 0 Å². The molecular formula is C75H126O6. The number of hydrogen-bond acceptors (Lipinski definition) is 6. The molecular weight excluding hydrogens is 997 g/mol. The first-order valence-corrected chi connectivity index (χ1v) is 34.0. The summed E-state index contributed by atoms with van der Waals surface area (Å²) in [6, 6.07) is 0. The summed E-state index contributed by atoms with van der Waals surface area (Å²) in [6.07, 6.45) is 95.0. The summed E-state index contributed by atoms with van der Waals surface area (Å²) in [6.45, 7) is 6.47. The standard InChI is InChI=1S/C75H126O6/c1-4-7-10-13-16-19-22-24-26-28-30-32-34-36-37-39-40-42-44-46-48-50-53-56-59-62-65-68-74(77)80-71-72(70-79-73(76)67-64-61-58-55-52-21-18-15-12-9-6-3)81-75(78)69-66-63-60-57-54-51-49-47-45-43-41-38-35-33-31-29-27-25-23-20-17-14-11-8-5-2/h7,10,15-16,18-19,23-26,29-32,36-37,40,42,46,48,72H,4-6,8-9,11-14,17,20-22,27-28,33-35,38-39,41,43-45,47,49-71H2,1-3H3/b10-7-,18-15-,19-16-,25-23-,26-24-,31-29-,32-30-,37-36-,42-40-,48-46-. The van der Waals surface area contributed by atoms with E-state index in [1.807, 2.05) is 0 Å². The van der Waals surface area contributed by atoms with Gasteiger partial charge < -0.3 is 14.2 Å². The second-order valence-electron chi connectivity index (χ2n) is 22.3. The molecule has 0 aromatic rings. The molecule has 462 valence electrons. The number of rotatable bonds is 61. The van der Waals surface area contributed by atoms with Crippen LogP contribution in [0.3, 0.4) is 0 Å². The number of unbranched alkanes of at least 4 members (excludes halogenated alkanes) is 30. The van der Waals surface area contributed by atoms with Gasteiger partial charge in [0.05, 0.1) is 0 Å². The molecule has 1 atom stereocenters. The van der Waals surface area contributed by atoms with Crippen molar-refractivity contribution in [2.45, 2.75) is 322 Å². The number of ether oxygens (including phenoxy) is 3. The summed E-state index contributed by atoms with van der Waals surface area (Å²) >= 11 is 0. The first kappa shape index (κ1) is 76.8. The van der Waals surface area contributed by atoms with E-state index in [1.165, 1.54) is 135 Å². The zero-order valence-electron chi connectivity index (χ0n) is 53.0. The fourth-order valence-corrected chi connectivity index (χ4v) is 9.32. The van der Waals surface area contributed by atoms with Crippen molar-refractivity contribution in [2.75, 3.05) is 13.2 Å². The average Bonchev–Trinajstić information content (AvgIpc) is 3.47. The second-order valence-corrected chi connectivity index (χ2v) is 22.3. The van der Waals surface area contributed by atoms with Crippen molar-refractivity contribution in [3.63, 3.8) is 0 Å². The lowest BCUT2D eigenvalue weighted by Gasteiger charge is -2.18. The maximum absolute atomic E-state index is 12.9. The molecule has 6 heteroatoms. The number of hydrogen-bond donors (Lipinski definition) is 0. The van der Waals surface area contributed by atoms with E-state index in [1.54, 1.807) is 0 Å². The maximum Gasteiger partial charge on any atom is 0.306 e. The highest BCUT2D eigenvalue weighted by atomic mass is 16.6. The zero-order valence-corrected chi connectivity index (χ0v) is 53.0. The molecule has 0 aromatic heterocycles. The van der Waals surface area contributed by atoms with Gasteiger partial charge in [-0.05, 0) is 128 Å². The summed E-state index contributed by atoms with van der Waals surface area (Å²) in [7, 11) is 0. The number of esters is 3. The molecule has 0 aromatic carbocycles. The second kappa shape index (κ2) is 68.3. The van der Waals surface area contributed by atoms with E-state index in [-0.39, 0.29) is 31.1 Å². The van der Waals surface area contributed by atoms with Crippen molar-refractivity contribution in [1.29, 1.82) is 0 Å². The molecule has 0 amide bonds. The minimum Gasteiger partial charge on any atom is -0.462 e. The largest absolute Gasteiger partial charge is 0.462 e. The number of allylic oxidation sites excluding steroid dienone is 20. The molecule has 0 aliphatic rings. The highest BCUT2D eigenvalue weighted by Crippen LogP contribution is 2.16. The lowest BCUT2D eigenvalue weighted by molar-refractivity contribution is -0.167. The van der Waals surface area contributed by atoms with Crippen LogP contribution < -0.4 is 0 Å². The quantitative estimate of drug-likeness (QED) is 0.0261. The fraction of sp³-hybridized carbons (Fsp3) is 0.693. The topological polar surface area (TPSA) is 78.9 Å². The van der Waals surface area contributed by atoms with Gasteiger partial charge in [-0.15, -0.1) is 0 Å². The van der Waals surface area contributed by atoms with Gasteiger partial charge in [0.25, 0.3) is 0 Å². The lowest BCUT2D eigenvalue weighted by Crippen LogP contribution is -2.30. The van der Waals surface area contributed by atoms with Crippen LogP contribution in [0.15, 0.2) is 122 Å². The Hall–Kier alpha value is -4.19. The minimum absolute atomic E-state index is 0.0900. The van der Waals surface area contributed by atoms with E-state index in [2.05, 4.69) is 142 Å². The minimum atomic E-state index is -0.794. The predicted molar refractivity (Wildman–Crippen MR) is 353 cm³/mol. The van der Waals surface area contributed by atoms with Crippen LogP contribution in [0.4, 0.5) is 0 Å². The molecule has 0 saturated heterocycles. The van der Waals surface area contributed by atoms with Gasteiger partial charge in [0, 0.05) is 19.3 Å². The summed E-state index contributed by atoms with van der Waals surface area (Å²) in [5.74, 6) is -0.913. The van der Waals surface area contributed by atoms with Gasteiger partial charge >= 0.3 is 17.9 Å². The Bertz CT molecular complexity index is 1670. The first-order valence-electron chi connectivity index (χ1n) is 34.0. The van der Waals surface area contributed by atoms with Crippen molar-refractivity contribution in [3.05, 3.63) is 122 Å². The predicted octanol–water partition coefficient (Wildman–Crippen LogP) is 23.6. The van der Waals surface area contributed by atoms with Gasteiger partial charge in [-0.2, -0.15) is 0 Å². The van der Waals surface area contributed by atoms with Gasteiger partial charge in [-0.3, -0.25) is 14.4 Å². The highest BCUT2D eigenvalue weighted by Gasteiger charge is 2.19. The monoisotopic (exact) mass is 1120 g/mol. The number of carbonyl (C=O) groups excluding carboxylic acids is 3. The van der Waals surface area contributed by atoms with Gasteiger partial charge in [-0.1, -0.05) is 290 Å². The molecule has 0 N–H and O–H groups in total. The van der Waals surface area contributed by atoms with Crippen molar-refractivity contribution in [3.8, 4) is 0 Å². The highest BCUT2D eigenvalue weighted by molar-refractivity contribution is 5.71. The van der Waals surface area contributed by atoms with Crippen molar-refractivity contribution in [2.24, 2.45) is 0 Å². The molecule has 1 unspecified atom stereocenters. The zero-order chi connectivity index (χ0) is 58.5. The molecule has 0 aliphatic heterocycles. The Morgan fingerprint density at radius 2 is 0.494 bits per heavy atom. The molecule has 0 aliphatic carbocycles. The lowest BCUT2D eigenvalue weighted by atomic mass is 10.0. The molecule has 0 bridgehead atoms. The van der Waals surface area contributed by atoms with Crippen LogP contribution in [0, 0.1) is 0 Å². The summed E-state index contributed by atoms with van der Waals surface area (Å²) in [4.78, 5) is 38.3. The normalized spacial score (nSPS) is 12.9. The molecule has 0 spiro atoms. The van der Waals surface area contributed by atoms with Crippen LogP contribution in [0.2, 0.25) is 0 Å². The Morgan fingerprint density at radius 3 is 0.802 bits per heavy atom. The van der Waals surface area contributed by atoms with Crippen molar-refractivity contribution >= 4 is 17.9 Å². The van der Waals surface area contributed by atoms with Crippen LogP contribution in [-0.4, -0.2) is 37.2 Å². The smallest absolute Gasteiger partial charge is 0.306 e. The molecule has 0 heterocycles. The van der Waals surface area contributed by atoms with Crippen LogP contribution in [0.5, 0.6) is 0 Å². The van der Waals surface area contributed by atoms with Crippen LogP contribution >= 0.6 is 0 Å². The summed E-state index contributed by atoms with van der Waals surface area (Å²) in [5.41, 5.74) is 0. The molecule has 6 nitrogen and oxygen atoms in total. The molecule has 0 radical (unpaired) electrons. The third-order valence-electron chi connectivity index (χ3n) is 14.4. The Kier molecular flexibility index (Phi) is 64.8. The average molecular weight is 1120 g/mol. The van der Waals surface area contributed by atoms with Crippen molar-refractivity contribution in [1.82, 2.24) is 0 Å². The van der Waals surface area contributed by atoms with Gasteiger partial charge in [0.1, 0.15) is 13.2 Å². The van der Waals surface area contributed by atoms with Gasteiger partial charge in [0.15, 0.2) is 6.10 Å². The van der Waals surface area contributed by atoms with E-state index in [0.717, 1.165) is 141 Å². The van der Waals surface area contributed by atoms with Crippen molar-refractivity contribution < 1.29 is 28.6 Å². The fourth-order valence-electron chi connectivity index (χ4n) is 9.32. The SMILES string of the molecule is CC/C=C\C/C=C\C/C=C\C/C=C\C/C=C\C/C=C\C/C=C\CCCCCCCC(=O)OCC(COC(=O)CCCCCCC/C=C\CCCC)OC(=O)CCCCCCCCCCCCCCC/C=C\C/C=C\CCCCCCC. The van der Waals surface area contributed by atoms with E-state index < -0.39 is 6.10 Å². The third kappa shape index (κ3) is 66.5.